The Morgan fingerprint density at radius 2 is 1.17 bits per heavy atom. The number of fused-ring (bicyclic) bond motifs is 17. The zero-order valence-corrected chi connectivity index (χ0v) is 38.0. The van der Waals surface area contributed by atoms with Gasteiger partial charge in [-0.2, -0.15) is 0 Å². The third-order valence-electron chi connectivity index (χ3n) is 14.4. The molecule has 0 bridgehead atoms. The van der Waals surface area contributed by atoms with Crippen LogP contribution in [0, 0.1) is 6.92 Å². The number of benzene rings is 8. The summed E-state index contributed by atoms with van der Waals surface area (Å²) >= 11 is 3.84. The average Bonchev–Trinajstić information content (AvgIpc) is 4.02. The van der Waals surface area contributed by atoms with Gasteiger partial charge in [-0.25, -0.2) is 0 Å². The number of nitrogens with zero attached hydrogens (tertiary/aromatic N) is 2. The Kier molecular flexibility index (Phi) is 6.90. The Morgan fingerprint density at radius 3 is 1.97 bits per heavy atom. The number of hydrogen-bond donors (Lipinski definition) is 0. The molecule has 2 aliphatic rings. The molecule has 4 aromatic heterocycles. The van der Waals surface area contributed by atoms with Crippen molar-refractivity contribution >= 4 is 136 Å². The van der Waals surface area contributed by atoms with Crippen LogP contribution >= 0.6 is 22.7 Å². The highest BCUT2D eigenvalue weighted by Gasteiger charge is 2.45. The summed E-state index contributed by atoms with van der Waals surface area (Å²) in [6.07, 6.45) is 0. The first kappa shape index (κ1) is 36.2. The molecule has 8 aromatic carbocycles. The van der Waals surface area contributed by atoms with Gasteiger partial charge in [0.05, 0.1) is 11.0 Å². The summed E-state index contributed by atoms with van der Waals surface area (Å²) in [6, 6.07) is 51.4. The number of aromatic nitrogens is 1. The van der Waals surface area contributed by atoms with Gasteiger partial charge in [-0.15, -0.1) is 22.7 Å². The number of hydrogen-bond acceptors (Lipinski definition) is 4. The molecule has 12 aromatic rings. The lowest BCUT2D eigenvalue weighted by atomic mass is 9.44. The van der Waals surface area contributed by atoms with E-state index in [9.17, 15) is 0 Å². The van der Waals surface area contributed by atoms with Crippen molar-refractivity contribution in [1.82, 2.24) is 4.57 Å². The van der Waals surface area contributed by atoms with Gasteiger partial charge in [0.1, 0.15) is 11.2 Å². The van der Waals surface area contributed by atoms with Gasteiger partial charge >= 0.3 is 6.85 Å². The molecular weight excluding hydrogens is 804 g/mol. The molecule has 0 amide bonds. The summed E-state index contributed by atoms with van der Waals surface area (Å²) in [5, 5.41) is 10.1. The average molecular weight is 847 g/mol. The fourth-order valence-electron chi connectivity index (χ4n) is 11.3. The van der Waals surface area contributed by atoms with Crippen LogP contribution in [0.25, 0.3) is 101 Å². The lowest BCUT2D eigenvalue weighted by molar-refractivity contribution is 0.590. The van der Waals surface area contributed by atoms with Crippen molar-refractivity contribution in [3.8, 4) is 16.8 Å². The maximum Gasteiger partial charge on any atom is 0.333 e. The van der Waals surface area contributed by atoms with E-state index in [4.69, 9.17) is 4.42 Å². The quantitative estimate of drug-likeness (QED) is 0.154. The van der Waals surface area contributed by atoms with Gasteiger partial charge in [0.15, 0.2) is 0 Å². The predicted molar refractivity (Wildman–Crippen MR) is 275 cm³/mol. The standard InChI is InChI=1S/C57H43BN2OS2/c1-30-22-41-37-28-51-39(36-21-18-32(57(5,6)7)23-50(36)63-51)25-45(37)60(33-19-16-31(17-20-33)56(2,3)4)58-43-29-52-40(35-13-9-11-15-49(35)62-52)26-46(43)59-44-24-38-34-12-8-10-14-47(34)61-48(38)27-42(44)53(30)55(59)54(41)58/h8-29H,1-7H3. The number of furan rings is 1. The number of anilines is 2. The second-order valence-corrected chi connectivity index (χ2v) is 22.3. The Labute approximate surface area is 373 Å². The molecule has 0 N–H and O–H groups in total. The number of rotatable bonds is 1. The monoisotopic (exact) mass is 846 g/mol. The van der Waals surface area contributed by atoms with E-state index in [1.807, 2.05) is 22.7 Å². The molecule has 3 nitrogen and oxygen atoms in total. The summed E-state index contributed by atoms with van der Waals surface area (Å²) in [6.45, 7) is 16.1. The first-order valence-electron chi connectivity index (χ1n) is 22.2. The molecule has 0 aliphatic carbocycles. The molecule has 0 saturated heterocycles. The van der Waals surface area contributed by atoms with Crippen LogP contribution in [0.2, 0.25) is 0 Å². The fraction of sp³-hybridized carbons (Fsp3) is 0.158. The summed E-state index contributed by atoms with van der Waals surface area (Å²) in [7, 11) is 0. The minimum absolute atomic E-state index is 0.0396. The third kappa shape index (κ3) is 4.80. The van der Waals surface area contributed by atoms with Crippen LogP contribution in [0.3, 0.4) is 0 Å². The minimum Gasteiger partial charge on any atom is -0.456 e. The number of thiophene rings is 2. The van der Waals surface area contributed by atoms with E-state index in [0.29, 0.717) is 0 Å². The van der Waals surface area contributed by atoms with Crippen molar-refractivity contribution in [2.75, 3.05) is 4.81 Å². The third-order valence-corrected chi connectivity index (χ3v) is 16.6. The highest BCUT2D eigenvalue weighted by Crippen LogP contribution is 2.51. The molecule has 0 unspecified atom stereocenters. The van der Waals surface area contributed by atoms with Crippen molar-refractivity contribution in [3.05, 3.63) is 150 Å². The maximum atomic E-state index is 6.61. The zero-order chi connectivity index (χ0) is 42.4. The van der Waals surface area contributed by atoms with E-state index >= 15 is 0 Å². The Hall–Kier alpha value is -6.34. The molecule has 0 radical (unpaired) electrons. The smallest absolute Gasteiger partial charge is 0.333 e. The van der Waals surface area contributed by atoms with Crippen LogP contribution in [0.15, 0.2) is 138 Å². The van der Waals surface area contributed by atoms with Crippen molar-refractivity contribution in [2.24, 2.45) is 0 Å². The number of aryl methyl sites for hydroxylation is 1. The SMILES string of the molecule is Cc1cc2c3c4c1c1cc5oc6ccccc6c5cc1n4-c1cc4c(cc1B3N(c1ccc(C(C)(C)C)cc1)c1cc3c(cc1-2)sc1cc(C(C)(C)C)ccc13)sc1ccccc14. The molecule has 0 spiro atoms. The van der Waals surface area contributed by atoms with Crippen LogP contribution in [0.4, 0.5) is 11.4 Å². The second kappa shape index (κ2) is 12.0. The zero-order valence-electron chi connectivity index (χ0n) is 36.4. The van der Waals surface area contributed by atoms with E-state index < -0.39 is 0 Å². The Morgan fingerprint density at radius 1 is 0.508 bits per heavy atom. The van der Waals surface area contributed by atoms with Crippen LogP contribution in [-0.4, -0.2) is 11.4 Å². The molecular formula is C57H43BN2OS2. The molecule has 2 aliphatic heterocycles. The van der Waals surface area contributed by atoms with E-state index in [1.165, 1.54) is 118 Å². The first-order valence-corrected chi connectivity index (χ1v) is 23.8. The molecule has 0 fully saturated rings. The Balaban J connectivity index is 1.16. The summed E-state index contributed by atoms with van der Waals surface area (Å²) in [5.74, 6) is 0. The molecule has 6 heterocycles. The Bertz CT molecular complexity index is 4010. The topological polar surface area (TPSA) is 21.3 Å². The van der Waals surface area contributed by atoms with Crippen LogP contribution in [0.1, 0.15) is 58.2 Å². The van der Waals surface area contributed by atoms with E-state index in [0.717, 1.165) is 21.9 Å². The van der Waals surface area contributed by atoms with Gasteiger partial charge in [0.25, 0.3) is 0 Å². The van der Waals surface area contributed by atoms with Gasteiger partial charge in [0.2, 0.25) is 0 Å². The fourth-order valence-corrected chi connectivity index (χ4v) is 13.6. The van der Waals surface area contributed by atoms with Crippen molar-refractivity contribution < 1.29 is 4.42 Å². The highest BCUT2D eigenvalue weighted by molar-refractivity contribution is 7.26. The lowest BCUT2D eigenvalue weighted by Crippen LogP contribution is -2.60. The van der Waals surface area contributed by atoms with Gasteiger partial charge in [-0.3, -0.25) is 0 Å². The summed E-state index contributed by atoms with van der Waals surface area (Å²) < 4.78 is 14.6. The highest BCUT2D eigenvalue weighted by atomic mass is 32.1. The maximum absolute atomic E-state index is 6.61. The van der Waals surface area contributed by atoms with Crippen molar-refractivity contribution in [1.29, 1.82) is 0 Å². The predicted octanol–water partition coefficient (Wildman–Crippen LogP) is 15.6. The molecule has 0 saturated carbocycles. The molecule has 14 rings (SSSR count). The normalized spacial score (nSPS) is 13.9. The molecule has 0 atom stereocenters. The summed E-state index contributed by atoms with van der Waals surface area (Å²) in [4.78, 5) is 2.70. The van der Waals surface area contributed by atoms with Crippen LogP contribution < -0.4 is 15.7 Å². The van der Waals surface area contributed by atoms with Gasteiger partial charge in [-0.1, -0.05) is 108 Å². The van der Waals surface area contributed by atoms with E-state index in [-0.39, 0.29) is 17.7 Å². The molecule has 6 heteroatoms. The van der Waals surface area contributed by atoms with Crippen molar-refractivity contribution in [2.45, 2.75) is 59.3 Å². The van der Waals surface area contributed by atoms with Crippen LogP contribution in [0.5, 0.6) is 0 Å². The molecule has 302 valence electrons. The van der Waals surface area contributed by atoms with E-state index in [2.05, 4.69) is 191 Å². The van der Waals surface area contributed by atoms with Gasteiger partial charge in [0, 0.05) is 84.5 Å². The molecule has 63 heavy (non-hydrogen) atoms. The van der Waals surface area contributed by atoms with Crippen molar-refractivity contribution in [3.63, 3.8) is 0 Å². The minimum atomic E-state index is -0.0730. The summed E-state index contributed by atoms with van der Waals surface area (Å²) in [5.41, 5.74) is 17.6. The van der Waals surface area contributed by atoms with Gasteiger partial charge in [-0.05, 0) is 118 Å². The first-order chi connectivity index (χ1) is 30.4. The number of para-hydroxylation sites is 1. The van der Waals surface area contributed by atoms with Crippen LogP contribution in [-0.2, 0) is 10.8 Å². The van der Waals surface area contributed by atoms with Gasteiger partial charge < -0.3 is 13.8 Å². The van der Waals surface area contributed by atoms with E-state index in [1.54, 1.807) is 0 Å². The lowest BCUT2D eigenvalue weighted by Gasteiger charge is -2.42. The second-order valence-electron chi connectivity index (χ2n) is 20.2. The largest absolute Gasteiger partial charge is 0.456 e.